The molecule has 120 valence electrons. The molecule has 2 aromatic rings. The first kappa shape index (κ1) is 16.9. The van der Waals surface area contributed by atoms with Crippen LogP contribution in [0.25, 0.3) is 6.08 Å². The van der Waals surface area contributed by atoms with Gasteiger partial charge < -0.3 is 4.90 Å². The molecule has 1 amide bonds. The van der Waals surface area contributed by atoms with Gasteiger partial charge in [-0.2, -0.15) is 0 Å². The van der Waals surface area contributed by atoms with Gasteiger partial charge in [-0.25, -0.2) is 0 Å². The fraction of sp³-hybridized carbons (Fsp3) is 0.300. The zero-order valence-corrected chi connectivity index (χ0v) is 13.9. The summed E-state index contributed by atoms with van der Waals surface area (Å²) in [4.78, 5) is 18.5. The van der Waals surface area contributed by atoms with Gasteiger partial charge in [-0.3, -0.25) is 9.78 Å². The van der Waals surface area contributed by atoms with E-state index in [1.165, 1.54) is 0 Å². The van der Waals surface area contributed by atoms with Gasteiger partial charge >= 0.3 is 0 Å². The Morgan fingerprint density at radius 3 is 2.61 bits per heavy atom. The third-order valence-corrected chi connectivity index (χ3v) is 3.45. The van der Waals surface area contributed by atoms with Crippen molar-refractivity contribution in [3.63, 3.8) is 0 Å². The van der Waals surface area contributed by atoms with Crippen LogP contribution < -0.4 is 0 Å². The summed E-state index contributed by atoms with van der Waals surface area (Å²) in [6.07, 6.45) is 8.00. The summed E-state index contributed by atoms with van der Waals surface area (Å²) in [5.41, 5.74) is 2.11. The normalized spacial score (nSPS) is 11.1. The van der Waals surface area contributed by atoms with Crippen LogP contribution >= 0.6 is 0 Å². The van der Waals surface area contributed by atoms with E-state index in [1.807, 2.05) is 35.2 Å². The van der Waals surface area contributed by atoms with E-state index in [0.717, 1.165) is 17.7 Å². The smallest absolute Gasteiger partial charge is 0.227 e. The topological polar surface area (TPSA) is 33.2 Å². The number of benzene rings is 1. The van der Waals surface area contributed by atoms with Gasteiger partial charge in [0.05, 0.1) is 6.42 Å². The number of pyridine rings is 1. The Kier molecular flexibility index (Phi) is 6.55. The Bertz CT molecular complexity index is 621. The number of nitrogens with zero attached hydrogens (tertiary/aromatic N) is 2. The Morgan fingerprint density at radius 1 is 1.17 bits per heavy atom. The van der Waals surface area contributed by atoms with Crippen LogP contribution in [0.15, 0.2) is 60.9 Å². The summed E-state index contributed by atoms with van der Waals surface area (Å²) in [7, 11) is 0. The van der Waals surface area contributed by atoms with Crippen molar-refractivity contribution in [1.82, 2.24) is 9.88 Å². The first-order chi connectivity index (χ1) is 11.1. The maximum absolute atomic E-state index is 12.6. The van der Waals surface area contributed by atoms with Crippen LogP contribution in [0.4, 0.5) is 0 Å². The minimum atomic E-state index is 0.143. The minimum Gasteiger partial charge on any atom is -0.338 e. The zero-order chi connectivity index (χ0) is 16.5. The maximum Gasteiger partial charge on any atom is 0.227 e. The van der Waals surface area contributed by atoms with Gasteiger partial charge in [-0.1, -0.05) is 62.4 Å². The van der Waals surface area contributed by atoms with E-state index in [0.29, 0.717) is 18.9 Å². The summed E-state index contributed by atoms with van der Waals surface area (Å²) < 4.78 is 0. The quantitative estimate of drug-likeness (QED) is 0.779. The average molecular weight is 308 g/mol. The Morgan fingerprint density at radius 2 is 1.96 bits per heavy atom. The fourth-order valence-electron chi connectivity index (χ4n) is 2.39. The molecule has 0 aliphatic heterocycles. The molecule has 0 radical (unpaired) electrons. The Labute approximate surface area is 138 Å². The van der Waals surface area contributed by atoms with Crippen molar-refractivity contribution >= 4 is 12.0 Å². The second-order valence-corrected chi connectivity index (χ2v) is 6.04. The number of hydrogen-bond acceptors (Lipinski definition) is 2. The molecule has 0 saturated heterocycles. The highest BCUT2D eigenvalue weighted by Crippen LogP contribution is 2.07. The SMILES string of the molecule is CC(C)CN(CC=Cc1ccccc1)C(=O)Cc1cccnc1. The summed E-state index contributed by atoms with van der Waals surface area (Å²) in [6, 6.07) is 13.9. The highest BCUT2D eigenvalue weighted by molar-refractivity contribution is 5.79. The molecule has 1 heterocycles. The van der Waals surface area contributed by atoms with E-state index in [-0.39, 0.29) is 5.91 Å². The summed E-state index contributed by atoms with van der Waals surface area (Å²) in [6.45, 7) is 5.65. The lowest BCUT2D eigenvalue weighted by Gasteiger charge is -2.23. The van der Waals surface area contributed by atoms with E-state index in [2.05, 4.69) is 43.1 Å². The lowest BCUT2D eigenvalue weighted by molar-refractivity contribution is -0.130. The predicted molar refractivity (Wildman–Crippen MR) is 94.8 cm³/mol. The van der Waals surface area contributed by atoms with Gasteiger partial charge in [-0.15, -0.1) is 0 Å². The molecule has 3 heteroatoms. The van der Waals surface area contributed by atoms with Gasteiger partial charge in [0.1, 0.15) is 0 Å². The molecule has 0 bridgehead atoms. The average Bonchev–Trinajstić information content (AvgIpc) is 2.55. The number of hydrogen-bond donors (Lipinski definition) is 0. The molecule has 0 fully saturated rings. The first-order valence-electron chi connectivity index (χ1n) is 8.03. The maximum atomic E-state index is 12.6. The van der Waals surface area contributed by atoms with Gasteiger partial charge in [0, 0.05) is 25.5 Å². The molecule has 0 aliphatic carbocycles. The molecular formula is C20H24N2O. The minimum absolute atomic E-state index is 0.143. The first-order valence-corrected chi connectivity index (χ1v) is 8.03. The van der Waals surface area contributed by atoms with Crippen LogP contribution in [0.1, 0.15) is 25.0 Å². The molecule has 0 N–H and O–H groups in total. The van der Waals surface area contributed by atoms with Crippen LogP contribution in [-0.2, 0) is 11.2 Å². The molecule has 1 aromatic carbocycles. The van der Waals surface area contributed by atoms with Crippen LogP contribution in [-0.4, -0.2) is 28.9 Å². The lowest BCUT2D eigenvalue weighted by atomic mass is 10.1. The van der Waals surface area contributed by atoms with Gasteiger partial charge in [0.2, 0.25) is 5.91 Å². The predicted octanol–water partition coefficient (Wildman–Crippen LogP) is 3.82. The van der Waals surface area contributed by atoms with Crippen molar-refractivity contribution in [3.8, 4) is 0 Å². The monoisotopic (exact) mass is 308 g/mol. The number of carbonyl (C=O) groups excluding carboxylic acids is 1. The third-order valence-electron chi connectivity index (χ3n) is 3.45. The van der Waals surface area contributed by atoms with Crippen molar-refractivity contribution in [1.29, 1.82) is 0 Å². The van der Waals surface area contributed by atoms with E-state index in [1.54, 1.807) is 12.4 Å². The second-order valence-electron chi connectivity index (χ2n) is 6.04. The lowest BCUT2D eigenvalue weighted by Crippen LogP contribution is -2.35. The molecule has 2 rings (SSSR count). The number of amides is 1. The van der Waals surface area contributed by atoms with Crippen LogP contribution in [0.3, 0.4) is 0 Å². The highest BCUT2D eigenvalue weighted by atomic mass is 16.2. The van der Waals surface area contributed by atoms with E-state index < -0.39 is 0 Å². The van der Waals surface area contributed by atoms with Crippen LogP contribution in [0, 0.1) is 5.92 Å². The second kappa shape index (κ2) is 8.89. The summed E-state index contributed by atoms with van der Waals surface area (Å²) in [5.74, 6) is 0.586. The van der Waals surface area contributed by atoms with Crippen molar-refractivity contribution in [2.24, 2.45) is 5.92 Å². The van der Waals surface area contributed by atoms with Crippen LogP contribution in [0.5, 0.6) is 0 Å². The summed E-state index contributed by atoms with van der Waals surface area (Å²) >= 11 is 0. The standard InChI is InChI=1S/C20H24N2O/c1-17(2)16-22(13-7-11-18-8-4-3-5-9-18)20(23)14-19-10-6-12-21-15-19/h3-12,15,17H,13-14,16H2,1-2H3. The van der Waals surface area contributed by atoms with E-state index in [4.69, 9.17) is 0 Å². The largest absolute Gasteiger partial charge is 0.338 e. The van der Waals surface area contributed by atoms with Crippen molar-refractivity contribution in [2.75, 3.05) is 13.1 Å². The molecule has 23 heavy (non-hydrogen) atoms. The van der Waals surface area contributed by atoms with Gasteiger partial charge in [-0.05, 0) is 23.1 Å². The molecule has 1 aromatic heterocycles. The third kappa shape index (κ3) is 6.07. The van der Waals surface area contributed by atoms with Gasteiger partial charge in [0.15, 0.2) is 0 Å². The fourth-order valence-corrected chi connectivity index (χ4v) is 2.39. The molecule has 0 aliphatic rings. The number of carbonyl (C=O) groups is 1. The van der Waals surface area contributed by atoms with Crippen molar-refractivity contribution in [3.05, 3.63) is 72.1 Å². The van der Waals surface area contributed by atoms with Crippen LogP contribution in [0.2, 0.25) is 0 Å². The molecule has 0 saturated carbocycles. The number of rotatable bonds is 7. The molecule has 3 nitrogen and oxygen atoms in total. The van der Waals surface area contributed by atoms with E-state index >= 15 is 0 Å². The van der Waals surface area contributed by atoms with Gasteiger partial charge in [0.25, 0.3) is 0 Å². The molecule has 0 atom stereocenters. The Balaban J connectivity index is 1.98. The van der Waals surface area contributed by atoms with Crippen molar-refractivity contribution in [2.45, 2.75) is 20.3 Å². The van der Waals surface area contributed by atoms with E-state index in [9.17, 15) is 4.79 Å². The molecule has 0 spiro atoms. The summed E-state index contributed by atoms with van der Waals surface area (Å²) in [5, 5.41) is 0. The molecular weight excluding hydrogens is 284 g/mol. The number of aromatic nitrogens is 1. The molecule has 0 unspecified atom stereocenters. The zero-order valence-electron chi connectivity index (χ0n) is 13.9. The van der Waals surface area contributed by atoms with Crippen molar-refractivity contribution < 1.29 is 4.79 Å². The Hall–Kier alpha value is -2.42. The highest BCUT2D eigenvalue weighted by Gasteiger charge is 2.14.